The van der Waals surface area contributed by atoms with Crippen molar-refractivity contribution in [3.63, 3.8) is 0 Å². The van der Waals surface area contributed by atoms with Crippen LogP contribution in [-0.4, -0.2) is 10.2 Å². The van der Waals surface area contributed by atoms with Gasteiger partial charge in [0.15, 0.2) is 0 Å². The van der Waals surface area contributed by atoms with Crippen molar-refractivity contribution in [1.29, 1.82) is 0 Å². The number of halogens is 2. The summed E-state index contributed by atoms with van der Waals surface area (Å²) < 4.78 is 1.02. The normalized spacial score (nSPS) is 10.1. The summed E-state index contributed by atoms with van der Waals surface area (Å²) in [7, 11) is 0. The molecule has 1 aromatic carbocycles. The Morgan fingerprint density at radius 2 is 1.82 bits per heavy atom. The molecule has 0 aliphatic rings. The first-order chi connectivity index (χ1) is 5.04. The van der Waals surface area contributed by atoms with E-state index in [9.17, 15) is 10.2 Å². The van der Waals surface area contributed by atoms with Gasteiger partial charge in [0, 0.05) is 5.56 Å². The summed E-state index contributed by atoms with van der Waals surface area (Å²) in [6.07, 6.45) is 0. The minimum Gasteiger partial charge on any atom is -0.507 e. The van der Waals surface area contributed by atoms with Gasteiger partial charge in [0.05, 0.1) is 8.95 Å². The number of hydrogen-bond acceptors (Lipinski definition) is 2. The van der Waals surface area contributed by atoms with E-state index in [1.165, 1.54) is 6.07 Å². The third-order valence-electron chi connectivity index (χ3n) is 1.40. The van der Waals surface area contributed by atoms with Gasteiger partial charge in [-0.05, 0) is 44.8 Å². The fourth-order valence-electron chi connectivity index (χ4n) is 0.727. The van der Waals surface area contributed by atoms with Gasteiger partial charge in [-0.25, -0.2) is 0 Å². The van der Waals surface area contributed by atoms with Crippen LogP contribution >= 0.6 is 31.9 Å². The van der Waals surface area contributed by atoms with Crippen LogP contribution in [0.3, 0.4) is 0 Å². The molecule has 0 unspecified atom stereocenters. The Kier molecular flexibility index (Phi) is 2.44. The lowest BCUT2D eigenvalue weighted by atomic mass is 10.2. The van der Waals surface area contributed by atoms with Crippen molar-refractivity contribution in [2.24, 2.45) is 0 Å². The first-order valence-electron chi connectivity index (χ1n) is 2.90. The van der Waals surface area contributed by atoms with Gasteiger partial charge >= 0.3 is 0 Å². The molecular formula is C7H6Br2O2. The van der Waals surface area contributed by atoms with Crippen molar-refractivity contribution < 1.29 is 10.2 Å². The molecular weight excluding hydrogens is 276 g/mol. The third kappa shape index (κ3) is 1.51. The second-order valence-corrected chi connectivity index (χ2v) is 3.81. The average Bonchev–Trinajstić information content (AvgIpc) is 1.97. The number of aromatic hydroxyl groups is 2. The summed E-state index contributed by atoms with van der Waals surface area (Å²) in [5.74, 6) is 0.266. The molecule has 1 rings (SSSR count). The van der Waals surface area contributed by atoms with Crippen molar-refractivity contribution in [2.75, 3.05) is 0 Å². The molecule has 0 radical (unpaired) electrons. The quantitative estimate of drug-likeness (QED) is 0.718. The number of hydrogen-bond donors (Lipinski definition) is 2. The van der Waals surface area contributed by atoms with E-state index in [0.29, 0.717) is 14.5 Å². The van der Waals surface area contributed by atoms with Crippen LogP contribution in [0.25, 0.3) is 0 Å². The minimum absolute atomic E-state index is 0.118. The Bertz CT molecular complexity index is 271. The van der Waals surface area contributed by atoms with Gasteiger partial charge in [-0.15, -0.1) is 0 Å². The van der Waals surface area contributed by atoms with Crippen LogP contribution in [0.5, 0.6) is 11.5 Å². The standard InChI is InChI=1S/C7H6Br2O2/c1-3-6(9)5(10)2-4(8)7(3)11/h2,10-11H,1H3. The van der Waals surface area contributed by atoms with Gasteiger partial charge in [-0.2, -0.15) is 0 Å². The maximum absolute atomic E-state index is 9.32. The molecule has 0 heterocycles. The van der Waals surface area contributed by atoms with Crippen LogP contribution in [-0.2, 0) is 0 Å². The lowest BCUT2D eigenvalue weighted by Gasteiger charge is -2.05. The molecule has 0 saturated carbocycles. The molecule has 0 aliphatic heterocycles. The molecule has 0 fully saturated rings. The predicted octanol–water partition coefficient (Wildman–Crippen LogP) is 2.93. The molecule has 0 amide bonds. The lowest BCUT2D eigenvalue weighted by Crippen LogP contribution is -1.79. The van der Waals surface area contributed by atoms with Gasteiger partial charge < -0.3 is 10.2 Å². The fourth-order valence-corrected chi connectivity index (χ4v) is 1.54. The second kappa shape index (κ2) is 3.03. The smallest absolute Gasteiger partial charge is 0.134 e. The van der Waals surface area contributed by atoms with E-state index in [4.69, 9.17) is 0 Å². The van der Waals surface area contributed by atoms with Gasteiger partial charge in [-0.1, -0.05) is 0 Å². The van der Waals surface area contributed by atoms with Gasteiger partial charge in [0.25, 0.3) is 0 Å². The highest BCUT2D eigenvalue weighted by Gasteiger charge is 2.09. The Balaban J connectivity index is 3.46. The van der Waals surface area contributed by atoms with E-state index in [1.807, 2.05) is 0 Å². The zero-order chi connectivity index (χ0) is 8.59. The molecule has 0 aromatic heterocycles. The Morgan fingerprint density at radius 1 is 1.27 bits per heavy atom. The fraction of sp³-hybridized carbons (Fsp3) is 0.143. The molecule has 1 aromatic rings. The van der Waals surface area contributed by atoms with Crippen LogP contribution in [0.15, 0.2) is 15.0 Å². The van der Waals surface area contributed by atoms with Crippen molar-refractivity contribution in [3.8, 4) is 11.5 Å². The number of phenols is 2. The molecule has 4 heteroatoms. The maximum atomic E-state index is 9.32. The molecule has 0 spiro atoms. The summed E-state index contributed by atoms with van der Waals surface area (Å²) in [5, 5.41) is 18.5. The molecule has 11 heavy (non-hydrogen) atoms. The summed E-state index contributed by atoms with van der Waals surface area (Å²) in [4.78, 5) is 0. The maximum Gasteiger partial charge on any atom is 0.134 e. The highest BCUT2D eigenvalue weighted by atomic mass is 79.9. The molecule has 60 valence electrons. The van der Waals surface area contributed by atoms with Crippen LogP contribution < -0.4 is 0 Å². The SMILES string of the molecule is Cc1c(O)c(Br)cc(O)c1Br. The van der Waals surface area contributed by atoms with Gasteiger partial charge in [0.2, 0.25) is 0 Å². The first-order valence-corrected chi connectivity index (χ1v) is 4.49. The Labute approximate surface area is 81.1 Å². The van der Waals surface area contributed by atoms with Crippen LogP contribution in [0.2, 0.25) is 0 Å². The summed E-state index contributed by atoms with van der Waals surface area (Å²) in [5.41, 5.74) is 0.622. The van der Waals surface area contributed by atoms with E-state index < -0.39 is 0 Å². The molecule has 0 saturated heterocycles. The van der Waals surface area contributed by atoms with Crippen LogP contribution in [0, 0.1) is 6.92 Å². The number of rotatable bonds is 0. The van der Waals surface area contributed by atoms with E-state index in [0.717, 1.165) is 0 Å². The summed E-state index contributed by atoms with van der Waals surface area (Å²) >= 11 is 6.23. The third-order valence-corrected chi connectivity index (χ3v) is 3.00. The predicted molar refractivity (Wildman–Crippen MR) is 49.9 cm³/mol. The average molecular weight is 282 g/mol. The molecule has 0 bridgehead atoms. The molecule has 0 atom stereocenters. The van der Waals surface area contributed by atoms with Crippen LogP contribution in [0.1, 0.15) is 5.56 Å². The van der Waals surface area contributed by atoms with Gasteiger partial charge in [0.1, 0.15) is 11.5 Å². The van der Waals surface area contributed by atoms with Crippen molar-refractivity contribution in [3.05, 3.63) is 20.6 Å². The van der Waals surface area contributed by atoms with Crippen LogP contribution in [0.4, 0.5) is 0 Å². The van der Waals surface area contributed by atoms with Crippen molar-refractivity contribution in [1.82, 2.24) is 0 Å². The summed E-state index contributed by atoms with van der Waals surface area (Å²) in [6, 6.07) is 1.44. The molecule has 0 aliphatic carbocycles. The monoisotopic (exact) mass is 280 g/mol. The Morgan fingerprint density at radius 3 is 2.36 bits per heavy atom. The lowest BCUT2D eigenvalue weighted by molar-refractivity contribution is 0.451. The largest absolute Gasteiger partial charge is 0.507 e. The topological polar surface area (TPSA) is 40.5 Å². The zero-order valence-electron chi connectivity index (χ0n) is 5.73. The van der Waals surface area contributed by atoms with E-state index in [-0.39, 0.29) is 11.5 Å². The molecule has 2 nitrogen and oxygen atoms in total. The number of phenolic OH excluding ortho intramolecular Hbond substituents is 2. The number of benzene rings is 1. The minimum atomic E-state index is 0.118. The van der Waals surface area contributed by atoms with E-state index >= 15 is 0 Å². The molecule has 2 N–H and O–H groups in total. The van der Waals surface area contributed by atoms with Crippen molar-refractivity contribution >= 4 is 31.9 Å². The zero-order valence-corrected chi connectivity index (χ0v) is 8.90. The second-order valence-electron chi connectivity index (χ2n) is 2.17. The van der Waals surface area contributed by atoms with Crippen molar-refractivity contribution in [2.45, 2.75) is 6.92 Å². The highest BCUT2D eigenvalue weighted by molar-refractivity contribution is 9.11. The van der Waals surface area contributed by atoms with Gasteiger partial charge in [-0.3, -0.25) is 0 Å². The van der Waals surface area contributed by atoms with E-state index in [1.54, 1.807) is 6.92 Å². The Hall–Kier alpha value is -0.220. The highest BCUT2D eigenvalue weighted by Crippen LogP contribution is 2.38. The van der Waals surface area contributed by atoms with E-state index in [2.05, 4.69) is 31.9 Å². The summed E-state index contributed by atoms with van der Waals surface area (Å²) in [6.45, 7) is 1.71. The first kappa shape index (κ1) is 8.87.